The minimum absolute atomic E-state index is 0.433. The van der Waals surface area contributed by atoms with Gasteiger partial charge in [0.1, 0.15) is 0 Å². The van der Waals surface area contributed by atoms with Crippen molar-refractivity contribution in [1.82, 2.24) is 5.32 Å². The Hall–Kier alpha value is -0.0300. The molecule has 2 nitrogen and oxygen atoms in total. The van der Waals surface area contributed by atoms with Crippen molar-refractivity contribution in [3.05, 3.63) is 22.4 Å². The molecule has 0 saturated carbocycles. The molecule has 0 bridgehead atoms. The summed E-state index contributed by atoms with van der Waals surface area (Å²) in [6.45, 7) is 6.87. The minimum atomic E-state index is -0.552. The van der Waals surface area contributed by atoms with Gasteiger partial charge in [0, 0.05) is 29.0 Å². The van der Waals surface area contributed by atoms with Gasteiger partial charge >= 0.3 is 0 Å². The van der Waals surface area contributed by atoms with Gasteiger partial charge in [-0.3, -0.25) is 0 Å². The van der Waals surface area contributed by atoms with Gasteiger partial charge in [0.05, 0.1) is 5.60 Å². The van der Waals surface area contributed by atoms with Crippen LogP contribution in [0.2, 0.25) is 0 Å². The van der Waals surface area contributed by atoms with Crippen LogP contribution in [-0.2, 0) is 0 Å². The average molecular weight is 259 g/mol. The standard InChI is InChI=1S/C12H21NOS2/c1-10(11-5-4-7-16-11)13-6-8-15-9-12(2,3)14/h4-5,7,10,13-14H,6,8-9H2,1-3H3. The summed E-state index contributed by atoms with van der Waals surface area (Å²) in [6, 6.07) is 4.68. The molecule has 1 rings (SSSR count). The van der Waals surface area contributed by atoms with Crippen LogP contribution in [-0.4, -0.2) is 28.8 Å². The Labute approximate surface area is 106 Å². The van der Waals surface area contributed by atoms with Crippen molar-refractivity contribution >= 4 is 23.1 Å². The second kappa shape index (κ2) is 6.64. The van der Waals surface area contributed by atoms with Crippen LogP contribution in [0.5, 0.6) is 0 Å². The van der Waals surface area contributed by atoms with Gasteiger partial charge in [0.25, 0.3) is 0 Å². The van der Waals surface area contributed by atoms with Crippen molar-refractivity contribution in [2.24, 2.45) is 0 Å². The molecule has 0 saturated heterocycles. The summed E-state index contributed by atoms with van der Waals surface area (Å²) < 4.78 is 0. The fraction of sp³-hybridized carbons (Fsp3) is 0.667. The molecule has 0 radical (unpaired) electrons. The molecule has 0 aliphatic rings. The summed E-state index contributed by atoms with van der Waals surface area (Å²) >= 11 is 3.58. The highest BCUT2D eigenvalue weighted by Gasteiger charge is 2.11. The highest BCUT2D eigenvalue weighted by atomic mass is 32.2. The number of thiophene rings is 1. The zero-order valence-corrected chi connectivity index (χ0v) is 11.8. The van der Waals surface area contributed by atoms with Crippen molar-refractivity contribution in [3.8, 4) is 0 Å². The van der Waals surface area contributed by atoms with E-state index in [9.17, 15) is 5.11 Å². The third kappa shape index (κ3) is 5.89. The van der Waals surface area contributed by atoms with Gasteiger partial charge in [-0.2, -0.15) is 11.8 Å². The minimum Gasteiger partial charge on any atom is -0.390 e. The van der Waals surface area contributed by atoms with E-state index in [2.05, 4.69) is 29.8 Å². The molecule has 4 heteroatoms. The zero-order valence-electron chi connectivity index (χ0n) is 10.2. The molecule has 2 N–H and O–H groups in total. The van der Waals surface area contributed by atoms with E-state index < -0.39 is 5.60 Å². The van der Waals surface area contributed by atoms with E-state index in [4.69, 9.17) is 0 Å². The summed E-state index contributed by atoms with van der Waals surface area (Å²) in [4.78, 5) is 1.38. The van der Waals surface area contributed by atoms with Crippen LogP contribution in [0.4, 0.5) is 0 Å². The molecule has 0 aliphatic carbocycles. The SMILES string of the molecule is CC(NCCSCC(C)(C)O)c1cccs1. The van der Waals surface area contributed by atoms with E-state index in [1.165, 1.54) is 4.88 Å². The summed E-state index contributed by atoms with van der Waals surface area (Å²) in [7, 11) is 0. The van der Waals surface area contributed by atoms with E-state index in [1.807, 2.05) is 13.8 Å². The van der Waals surface area contributed by atoms with Gasteiger partial charge < -0.3 is 10.4 Å². The van der Waals surface area contributed by atoms with Crippen LogP contribution in [0, 0.1) is 0 Å². The first-order valence-corrected chi connectivity index (χ1v) is 7.59. The lowest BCUT2D eigenvalue weighted by molar-refractivity contribution is 0.107. The van der Waals surface area contributed by atoms with Crippen LogP contribution in [0.25, 0.3) is 0 Å². The number of nitrogens with one attached hydrogen (secondary N) is 1. The Morgan fingerprint density at radius 3 is 2.88 bits per heavy atom. The maximum absolute atomic E-state index is 9.54. The monoisotopic (exact) mass is 259 g/mol. The molecule has 1 aromatic rings. The molecule has 0 aromatic carbocycles. The summed E-state index contributed by atoms with van der Waals surface area (Å²) in [5, 5.41) is 15.1. The van der Waals surface area contributed by atoms with Gasteiger partial charge in [-0.25, -0.2) is 0 Å². The fourth-order valence-corrected chi connectivity index (χ4v) is 2.97. The van der Waals surface area contributed by atoms with E-state index in [-0.39, 0.29) is 0 Å². The average Bonchev–Trinajstić information content (AvgIpc) is 2.67. The Balaban J connectivity index is 2.08. The maximum atomic E-state index is 9.54. The third-order valence-electron chi connectivity index (χ3n) is 2.12. The normalized spacial score (nSPS) is 14.0. The van der Waals surface area contributed by atoms with Gasteiger partial charge in [0.2, 0.25) is 0 Å². The van der Waals surface area contributed by atoms with Gasteiger partial charge in [-0.1, -0.05) is 6.07 Å². The number of hydrogen-bond donors (Lipinski definition) is 2. The predicted molar refractivity (Wildman–Crippen MR) is 74.4 cm³/mol. The number of aliphatic hydroxyl groups is 1. The maximum Gasteiger partial charge on any atom is 0.0681 e. The molecular weight excluding hydrogens is 238 g/mol. The second-order valence-electron chi connectivity index (χ2n) is 4.56. The van der Waals surface area contributed by atoms with Crippen LogP contribution < -0.4 is 5.32 Å². The first kappa shape index (κ1) is 14.0. The van der Waals surface area contributed by atoms with Crippen molar-refractivity contribution in [1.29, 1.82) is 0 Å². The number of hydrogen-bond acceptors (Lipinski definition) is 4. The molecule has 0 aliphatic heterocycles. The Morgan fingerprint density at radius 2 is 2.31 bits per heavy atom. The van der Waals surface area contributed by atoms with Gasteiger partial charge in [0.15, 0.2) is 0 Å². The molecule has 0 spiro atoms. The molecule has 1 aromatic heterocycles. The van der Waals surface area contributed by atoms with Gasteiger partial charge in [-0.05, 0) is 32.2 Å². The molecular formula is C12H21NOS2. The van der Waals surface area contributed by atoms with Crippen molar-refractivity contribution in [2.45, 2.75) is 32.4 Å². The number of rotatable bonds is 7. The molecule has 0 amide bonds. The fourth-order valence-electron chi connectivity index (χ4n) is 1.31. The van der Waals surface area contributed by atoms with Crippen molar-refractivity contribution in [3.63, 3.8) is 0 Å². The quantitative estimate of drug-likeness (QED) is 0.739. The Morgan fingerprint density at radius 1 is 1.56 bits per heavy atom. The van der Waals surface area contributed by atoms with Crippen LogP contribution in [0.1, 0.15) is 31.7 Å². The van der Waals surface area contributed by atoms with Crippen molar-refractivity contribution < 1.29 is 5.11 Å². The highest BCUT2D eigenvalue weighted by molar-refractivity contribution is 7.99. The van der Waals surface area contributed by atoms with Crippen LogP contribution >= 0.6 is 23.1 Å². The third-order valence-corrected chi connectivity index (χ3v) is 4.58. The zero-order chi connectivity index (χ0) is 12.0. The summed E-state index contributed by atoms with van der Waals surface area (Å²) in [5.74, 6) is 1.84. The second-order valence-corrected chi connectivity index (χ2v) is 6.64. The predicted octanol–water partition coefficient (Wildman–Crippen LogP) is 2.90. The molecule has 1 heterocycles. The molecule has 16 heavy (non-hydrogen) atoms. The lowest BCUT2D eigenvalue weighted by Gasteiger charge is -2.17. The lowest BCUT2D eigenvalue weighted by Crippen LogP contribution is -2.24. The summed E-state index contributed by atoms with van der Waals surface area (Å²) in [6.07, 6.45) is 0. The van der Waals surface area contributed by atoms with Crippen LogP contribution in [0.15, 0.2) is 17.5 Å². The Kier molecular flexibility index (Phi) is 5.83. The van der Waals surface area contributed by atoms with E-state index in [1.54, 1.807) is 23.1 Å². The molecule has 1 unspecified atom stereocenters. The highest BCUT2D eigenvalue weighted by Crippen LogP contribution is 2.18. The number of thioether (sulfide) groups is 1. The topological polar surface area (TPSA) is 32.3 Å². The smallest absolute Gasteiger partial charge is 0.0681 e. The van der Waals surface area contributed by atoms with E-state index in [0.29, 0.717) is 6.04 Å². The largest absolute Gasteiger partial charge is 0.390 e. The lowest BCUT2D eigenvalue weighted by atomic mass is 10.2. The van der Waals surface area contributed by atoms with Crippen molar-refractivity contribution in [2.75, 3.05) is 18.1 Å². The first-order valence-electron chi connectivity index (χ1n) is 5.56. The van der Waals surface area contributed by atoms with Crippen LogP contribution in [0.3, 0.4) is 0 Å². The first-order chi connectivity index (χ1) is 7.49. The molecule has 1 atom stereocenters. The Bertz CT molecular complexity index is 280. The summed E-state index contributed by atoms with van der Waals surface area (Å²) in [5.41, 5.74) is -0.552. The van der Waals surface area contributed by atoms with Gasteiger partial charge in [-0.15, -0.1) is 11.3 Å². The molecule has 0 fully saturated rings. The molecule has 92 valence electrons. The van der Waals surface area contributed by atoms with E-state index >= 15 is 0 Å². The van der Waals surface area contributed by atoms with E-state index in [0.717, 1.165) is 18.1 Å².